The van der Waals surface area contributed by atoms with E-state index in [4.69, 9.17) is 0 Å². The Balaban J connectivity index is 2.17. The maximum absolute atomic E-state index is 10.5. The number of nitro groups is 1. The molecule has 1 aromatic heterocycles. The molecule has 0 atom stereocenters. The van der Waals surface area contributed by atoms with Gasteiger partial charge in [0.1, 0.15) is 12.4 Å². The molecule has 0 aliphatic carbocycles. The number of halogens is 1. The van der Waals surface area contributed by atoms with Gasteiger partial charge in [0.15, 0.2) is 0 Å². The van der Waals surface area contributed by atoms with Crippen LogP contribution in [0.4, 0.5) is 5.69 Å². The number of benzene rings is 1. The van der Waals surface area contributed by atoms with E-state index < -0.39 is 4.92 Å². The first-order chi connectivity index (χ1) is 7.65. The van der Waals surface area contributed by atoms with Crippen LogP contribution in [-0.2, 0) is 6.54 Å². The van der Waals surface area contributed by atoms with Crippen molar-refractivity contribution in [1.29, 1.82) is 0 Å². The third-order valence-corrected chi connectivity index (χ3v) is 2.56. The number of nitrogens with zero attached hydrogens (tertiary/aromatic N) is 3. The predicted molar refractivity (Wildman–Crippen MR) is 62.1 cm³/mol. The van der Waals surface area contributed by atoms with E-state index in [9.17, 15) is 10.1 Å². The second-order valence-corrected chi connectivity index (χ2v) is 4.20. The van der Waals surface area contributed by atoms with Gasteiger partial charge in [-0.15, -0.1) is 0 Å². The van der Waals surface area contributed by atoms with Crippen molar-refractivity contribution in [3.63, 3.8) is 0 Å². The summed E-state index contributed by atoms with van der Waals surface area (Å²) in [5, 5.41) is 14.4. The van der Waals surface area contributed by atoms with Crippen molar-refractivity contribution < 1.29 is 4.92 Å². The first-order valence-corrected chi connectivity index (χ1v) is 5.36. The lowest BCUT2D eigenvalue weighted by atomic mass is 10.2. The molecule has 0 aliphatic heterocycles. The average Bonchev–Trinajstić information content (AvgIpc) is 2.66. The zero-order valence-corrected chi connectivity index (χ0v) is 9.79. The molecular weight excluding hydrogens is 274 g/mol. The third-order valence-electron chi connectivity index (χ3n) is 2.06. The summed E-state index contributed by atoms with van der Waals surface area (Å²) in [5.74, 6) is 0. The van der Waals surface area contributed by atoms with Crippen LogP contribution in [0.3, 0.4) is 0 Å². The largest absolute Gasteiger partial charge is 0.307 e. The quantitative estimate of drug-likeness (QED) is 0.642. The lowest BCUT2D eigenvalue weighted by Gasteiger charge is -2.01. The van der Waals surface area contributed by atoms with Crippen molar-refractivity contribution in [3.05, 3.63) is 56.8 Å². The summed E-state index contributed by atoms with van der Waals surface area (Å²) >= 11 is 3.37. The van der Waals surface area contributed by atoms with E-state index >= 15 is 0 Å². The Bertz CT molecular complexity index is 524. The van der Waals surface area contributed by atoms with Gasteiger partial charge in [-0.25, -0.2) is 0 Å². The maximum atomic E-state index is 10.5. The summed E-state index contributed by atoms with van der Waals surface area (Å²) in [6.45, 7) is 0.521. The Kier molecular flexibility index (Phi) is 3.00. The molecular formula is C10H8BrN3O2. The normalized spacial score (nSPS) is 10.3. The highest BCUT2D eigenvalue weighted by molar-refractivity contribution is 9.10. The Morgan fingerprint density at radius 1 is 1.50 bits per heavy atom. The van der Waals surface area contributed by atoms with Crippen LogP contribution in [0.2, 0.25) is 0 Å². The van der Waals surface area contributed by atoms with Gasteiger partial charge in [0.05, 0.1) is 11.5 Å². The summed E-state index contributed by atoms with van der Waals surface area (Å²) in [4.78, 5) is 10.0. The van der Waals surface area contributed by atoms with Crippen molar-refractivity contribution in [2.45, 2.75) is 6.54 Å². The average molecular weight is 282 g/mol. The molecule has 1 heterocycles. The van der Waals surface area contributed by atoms with Crippen molar-refractivity contribution in [2.24, 2.45) is 0 Å². The van der Waals surface area contributed by atoms with E-state index in [1.165, 1.54) is 12.4 Å². The summed E-state index contributed by atoms with van der Waals surface area (Å²) in [6.07, 6.45) is 2.67. The van der Waals surface area contributed by atoms with E-state index in [0.717, 1.165) is 10.0 Å². The van der Waals surface area contributed by atoms with Crippen LogP contribution in [0.1, 0.15) is 5.56 Å². The summed E-state index contributed by atoms with van der Waals surface area (Å²) in [7, 11) is 0. The summed E-state index contributed by atoms with van der Waals surface area (Å²) in [5.41, 5.74) is 1.04. The molecule has 0 saturated carbocycles. The van der Waals surface area contributed by atoms with Crippen LogP contribution in [0.25, 0.3) is 0 Å². The molecule has 6 heteroatoms. The molecule has 2 rings (SSSR count). The second kappa shape index (κ2) is 4.44. The monoisotopic (exact) mass is 281 g/mol. The topological polar surface area (TPSA) is 61.0 Å². The summed E-state index contributed by atoms with van der Waals surface area (Å²) < 4.78 is 2.52. The fourth-order valence-corrected chi connectivity index (χ4v) is 1.80. The first-order valence-electron chi connectivity index (χ1n) is 4.56. The zero-order valence-electron chi connectivity index (χ0n) is 8.21. The van der Waals surface area contributed by atoms with Crippen molar-refractivity contribution in [2.75, 3.05) is 0 Å². The maximum Gasteiger partial charge on any atom is 0.307 e. The van der Waals surface area contributed by atoms with E-state index in [0.29, 0.717) is 6.54 Å². The highest BCUT2D eigenvalue weighted by atomic mass is 79.9. The lowest BCUT2D eigenvalue weighted by molar-refractivity contribution is -0.385. The van der Waals surface area contributed by atoms with Crippen molar-refractivity contribution in [1.82, 2.24) is 9.78 Å². The number of aromatic nitrogens is 2. The van der Waals surface area contributed by atoms with E-state index in [1.807, 2.05) is 24.3 Å². The molecule has 0 amide bonds. The van der Waals surface area contributed by atoms with Gasteiger partial charge < -0.3 is 0 Å². The van der Waals surface area contributed by atoms with Crippen LogP contribution >= 0.6 is 15.9 Å². The minimum absolute atomic E-state index is 0.00926. The van der Waals surface area contributed by atoms with E-state index in [2.05, 4.69) is 21.0 Å². The van der Waals surface area contributed by atoms with Crippen LogP contribution < -0.4 is 0 Å². The van der Waals surface area contributed by atoms with Gasteiger partial charge in [-0.2, -0.15) is 5.10 Å². The Hall–Kier alpha value is -1.69. The van der Waals surface area contributed by atoms with Gasteiger partial charge in [-0.3, -0.25) is 14.8 Å². The highest BCUT2D eigenvalue weighted by Gasteiger charge is 2.08. The van der Waals surface area contributed by atoms with Crippen LogP contribution in [-0.4, -0.2) is 14.7 Å². The van der Waals surface area contributed by atoms with Crippen LogP contribution in [0.15, 0.2) is 41.1 Å². The molecule has 2 aromatic rings. The molecule has 0 radical (unpaired) electrons. The Morgan fingerprint density at radius 2 is 2.31 bits per heavy atom. The van der Waals surface area contributed by atoms with Gasteiger partial charge in [-0.05, 0) is 17.7 Å². The lowest BCUT2D eigenvalue weighted by Crippen LogP contribution is -1.99. The predicted octanol–water partition coefficient (Wildman–Crippen LogP) is 2.60. The minimum atomic E-state index is -0.454. The van der Waals surface area contributed by atoms with Crippen molar-refractivity contribution in [3.8, 4) is 0 Å². The van der Waals surface area contributed by atoms with E-state index in [-0.39, 0.29) is 5.69 Å². The van der Waals surface area contributed by atoms with E-state index in [1.54, 1.807) is 4.68 Å². The van der Waals surface area contributed by atoms with Gasteiger partial charge >= 0.3 is 5.69 Å². The molecule has 0 unspecified atom stereocenters. The minimum Gasteiger partial charge on any atom is -0.261 e. The standard InChI is InChI=1S/C10H8BrN3O2/c11-9-3-1-2-8(4-9)6-13-7-10(5-12-13)14(15)16/h1-5,7H,6H2. The molecule has 0 saturated heterocycles. The molecule has 5 nitrogen and oxygen atoms in total. The highest BCUT2D eigenvalue weighted by Crippen LogP contribution is 2.14. The fraction of sp³-hybridized carbons (Fsp3) is 0.100. The SMILES string of the molecule is O=[N+]([O-])c1cnn(Cc2cccc(Br)c2)c1. The molecule has 1 aromatic carbocycles. The Labute approximate surface area is 100.0 Å². The zero-order chi connectivity index (χ0) is 11.5. The van der Waals surface area contributed by atoms with Gasteiger partial charge in [0.2, 0.25) is 0 Å². The second-order valence-electron chi connectivity index (χ2n) is 3.28. The molecule has 0 N–H and O–H groups in total. The van der Waals surface area contributed by atoms with Gasteiger partial charge in [-0.1, -0.05) is 28.1 Å². The molecule has 0 aliphatic rings. The third kappa shape index (κ3) is 2.46. The first kappa shape index (κ1) is 10.8. The molecule has 0 bridgehead atoms. The number of hydrogen-bond acceptors (Lipinski definition) is 3. The smallest absolute Gasteiger partial charge is 0.261 e. The Morgan fingerprint density at radius 3 is 2.94 bits per heavy atom. The fourth-order valence-electron chi connectivity index (χ4n) is 1.36. The molecule has 0 fully saturated rings. The molecule has 82 valence electrons. The number of hydrogen-bond donors (Lipinski definition) is 0. The van der Waals surface area contributed by atoms with Crippen LogP contribution in [0, 0.1) is 10.1 Å². The molecule has 16 heavy (non-hydrogen) atoms. The summed E-state index contributed by atoms with van der Waals surface area (Å²) in [6, 6.07) is 7.73. The van der Waals surface area contributed by atoms with Gasteiger partial charge in [0.25, 0.3) is 0 Å². The van der Waals surface area contributed by atoms with Crippen LogP contribution in [0.5, 0.6) is 0 Å². The molecule has 0 spiro atoms. The van der Waals surface area contributed by atoms with Gasteiger partial charge in [0, 0.05) is 4.47 Å². The number of rotatable bonds is 3. The van der Waals surface area contributed by atoms with Crippen molar-refractivity contribution >= 4 is 21.6 Å².